The molecule has 30 heavy (non-hydrogen) atoms. The van der Waals surface area contributed by atoms with Gasteiger partial charge in [0.25, 0.3) is 0 Å². The first kappa shape index (κ1) is 19.6. The average molecular weight is 426 g/mol. The van der Waals surface area contributed by atoms with Crippen molar-refractivity contribution in [3.63, 3.8) is 0 Å². The topological polar surface area (TPSA) is 55.9 Å². The Morgan fingerprint density at radius 3 is 2.30 bits per heavy atom. The number of urea groups is 1. The maximum atomic E-state index is 14.0. The molecule has 1 aromatic carbocycles. The van der Waals surface area contributed by atoms with Gasteiger partial charge in [0.05, 0.1) is 11.1 Å². The molecule has 0 unspecified atom stereocenters. The van der Waals surface area contributed by atoms with Crippen LogP contribution in [0.4, 0.5) is 22.4 Å². The van der Waals surface area contributed by atoms with Crippen LogP contribution in [0.25, 0.3) is 0 Å². The van der Waals surface area contributed by atoms with E-state index in [0.29, 0.717) is 51.8 Å². The standard InChI is InChI=1S/C20H22F4N4O2/c21-15-5-14(20(22,23)24)2-1-13(15)6-26-7-18(8-26)9-27(10-18)17(30)28-11-19(12-28)4-3-16(29)25-19/h1-2,5H,3-4,6-12H2,(H,25,29). The Morgan fingerprint density at radius 2 is 1.73 bits per heavy atom. The van der Waals surface area contributed by atoms with Gasteiger partial charge in [-0.1, -0.05) is 6.07 Å². The summed E-state index contributed by atoms with van der Waals surface area (Å²) in [5, 5.41) is 2.96. The second-order valence-corrected chi connectivity index (χ2v) is 9.27. The number of carbonyl (C=O) groups is 2. The van der Waals surface area contributed by atoms with Crippen molar-refractivity contribution in [1.82, 2.24) is 20.0 Å². The highest BCUT2D eigenvalue weighted by molar-refractivity contribution is 5.82. The molecule has 4 aliphatic rings. The molecule has 0 bridgehead atoms. The van der Waals surface area contributed by atoms with Crippen molar-refractivity contribution >= 4 is 11.9 Å². The number of hydrogen-bond acceptors (Lipinski definition) is 3. The average Bonchev–Trinajstić information content (AvgIpc) is 2.96. The van der Waals surface area contributed by atoms with Gasteiger partial charge < -0.3 is 15.1 Å². The van der Waals surface area contributed by atoms with Crippen molar-refractivity contribution in [2.45, 2.75) is 31.1 Å². The second-order valence-electron chi connectivity index (χ2n) is 9.27. The third kappa shape index (κ3) is 3.21. The molecule has 10 heteroatoms. The Kier molecular flexibility index (Phi) is 4.13. The molecule has 6 nitrogen and oxygen atoms in total. The molecule has 5 rings (SSSR count). The zero-order valence-corrected chi connectivity index (χ0v) is 16.3. The van der Waals surface area contributed by atoms with E-state index in [4.69, 9.17) is 0 Å². The lowest BCUT2D eigenvalue weighted by atomic mass is 9.72. The molecule has 0 aliphatic carbocycles. The van der Waals surface area contributed by atoms with Crippen LogP contribution in [0.2, 0.25) is 0 Å². The number of amides is 3. The van der Waals surface area contributed by atoms with Gasteiger partial charge in [-0.15, -0.1) is 0 Å². The molecule has 0 radical (unpaired) electrons. The van der Waals surface area contributed by atoms with Crippen molar-refractivity contribution in [2.75, 3.05) is 39.3 Å². The molecule has 2 spiro atoms. The lowest BCUT2D eigenvalue weighted by Crippen LogP contribution is -2.76. The number of benzene rings is 1. The minimum absolute atomic E-state index is 0.00216. The van der Waals surface area contributed by atoms with Crippen LogP contribution in [0, 0.1) is 11.2 Å². The molecule has 162 valence electrons. The normalized spacial score (nSPS) is 24.5. The van der Waals surface area contributed by atoms with Gasteiger partial charge in [-0.25, -0.2) is 9.18 Å². The number of alkyl halides is 3. The van der Waals surface area contributed by atoms with Crippen LogP contribution in [0.5, 0.6) is 0 Å². The van der Waals surface area contributed by atoms with Gasteiger partial charge in [0.2, 0.25) is 5.91 Å². The monoisotopic (exact) mass is 426 g/mol. The maximum absolute atomic E-state index is 14.0. The lowest BCUT2D eigenvalue weighted by Gasteiger charge is -2.61. The highest BCUT2D eigenvalue weighted by Crippen LogP contribution is 2.42. The number of likely N-dealkylation sites (tertiary alicyclic amines) is 3. The molecule has 0 atom stereocenters. The molecule has 3 amide bonds. The molecule has 4 saturated heterocycles. The van der Waals surface area contributed by atoms with E-state index in [-0.39, 0.29) is 35.0 Å². The van der Waals surface area contributed by atoms with Gasteiger partial charge >= 0.3 is 12.2 Å². The Hall–Kier alpha value is -2.36. The van der Waals surface area contributed by atoms with E-state index in [1.165, 1.54) is 6.07 Å². The van der Waals surface area contributed by atoms with Crippen LogP contribution in [-0.4, -0.2) is 71.4 Å². The molecule has 0 saturated carbocycles. The van der Waals surface area contributed by atoms with Crippen molar-refractivity contribution in [3.8, 4) is 0 Å². The zero-order chi connectivity index (χ0) is 21.3. The van der Waals surface area contributed by atoms with Crippen LogP contribution < -0.4 is 5.32 Å². The summed E-state index contributed by atoms with van der Waals surface area (Å²) < 4.78 is 52.0. The summed E-state index contributed by atoms with van der Waals surface area (Å²) in [4.78, 5) is 29.5. The molecule has 1 N–H and O–H groups in total. The Labute approximate surface area is 170 Å². The Bertz CT molecular complexity index is 899. The molecule has 0 aromatic heterocycles. The largest absolute Gasteiger partial charge is 0.416 e. The highest BCUT2D eigenvalue weighted by Gasteiger charge is 2.56. The van der Waals surface area contributed by atoms with E-state index in [2.05, 4.69) is 5.32 Å². The van der Waals surface area contributed by atoms with Gasteiger partial charge in [-0.2, -0.15) is 13.2 Å². The molecule has 4 aliphatic heterocycles. The van der Waals surface area contributed by atoms with Crippen molar-refractivity contribution < 1.29 is 27.2 Å². The number of hydrogen-bond donors (Lipinski definition) is 1. The van der Waals surface area contributed by atoms with E-state index in [1.807, 2.05) is 4.90 Å². The van der Waals surface area contributed by atoms with E-state index in [9.17, 15) is 27.2 Å². The second kappa shape index (κ2) is 6.32. The minimum Gasteiger partial charge on any atom is -0.347 e. The summed E-state index contributed by atoms with van der Waals surface area (Å²) in [7, 11) is 0. The van der Waals surface area contributed by atoms with Crippen molar-refractivity contribution in [1.29, 1.82) is 0 Å². The van der Waals surface area contributed by atoms with Crippen LogP contribution in [-0.2, 0) is 17.5 Å². The summed E-state index contributed by atoms with van der Waals surface area (Å²) in [6, 6.07) is 2.63. The van der Waals surface area contributed by atoms with Gasteiger partial charge in [0, 0.05) is 63.2 Å². The quantitative estimate of drug-likeness (QED) is 0.737. The summed E-state index contributed by atoms with van der Waals surface area (Å²) in [5.74, 6) is -0.800. The first-order valence-corrected chi connectivity index (χ1v) is 9.99. The number of nitrogens with zero attached hydrogens (tertiary/aromatic N) is 3. The SMILES string of the molecule is O=C1CCC2(CN(C(=O)N3CC4(CN(Cc5ccc(C(F)(F)F)cc5F)C4)C3)C2)N1. The van der Waals surface area contributed by atoms with Gasteiger partial charge in [0.15, 0.2) is 0 Å². The van der Waals surface area contributed by atoms with E-state index in [1.54, 1.807) is 9.80 Å². The third-order valence-corrected chi connectivity index (χ3v) is 6.71. The van der Waals surface area contributed by atoms with Gasteiger partial charge in [-0.05, 0) is 18.6 Å². The van der Waals surface area contributed by atoms with E-state index in [0.717, 1.165) is 12.5 Å². The summed E-state index contributed by atoms with van der Waals surface area (Å²) in [5.41, 5.74) is -0.965. The van der Waals surface area contributed by atoms with Crippen molar-refractivity contribution in [3.05, 3.63) is 35.1 Å². The maximum Gasteiger partial charge on any atom is 0.416 e. The first-order valence-electron chi connectivity index (χ1n) is 9.99. The third-order valence-electron chi connectivity index (χ3n) is 6.71. The number of nitrogens with one attached hydrogen (secondary N) is 1. The summed E-state index contributed by atoms with van der Waals surface area (Å²) in [6.45, 7) is 4.02. The fourth-order valence-electron chi connectivity index (χ4n) is 5.24. The number of carbonyl (C=O) groups excluding carboxylic acids is 2. The first-order chi connectivity index (χ1) is 14.1. The molecule has 4 fully saturated rings. The number of halogens is 4. The summed E-state index contributed by atoms with van der Waals surface area (Å²) >= 11 is 0. The fraction of sp³-hybridized carbons (Fsp3) is 0.600. The van der Waals surface area contributed by atoms with Crippen LogP contribution >= 0.6 is 0 Å². The lowest BCUT2D eigenvalue weighted by molar-refractivity contribution is -0.137. The molecular weight excluding hydrogens is 404 g/mol. The predicted molar refractivity (Wildman–Crippen MR) is 97.8 cm³/mol. The van der Waals surface area contributed by atoms with Crippen LogP contribution in [0.1, 0.15) is 24.0 Å². The van der Waals surface area contributed by atoms with Gasteiger partial charge in [0.1, 0.15) is 5.82 Å². The van der Waals surface area contributed by atoms with E-state index < -0.39 is 17.6 Å². The number of rotatable bonds is 2. The smallest absolute Gasteiger partial charge is 0.347 e. The van der Waals surface area contributed by atoms with Crippen LogP contribution in [0.15, 0.2) is 18.2 Å². The van der Waals surface area contributed by atoms with E-state index >= 15 is 0 Å². The zero-order valence-electron chi connectivity index (χ0n) is 16.3. The predicted octanol–water partition coefficient (Wildman–Crippen LogP) is 2.05. The Morgan fingerprint density at radius 1 is 1.07 bits per heavy atom. The Balaban J connectivity index is 1.09. The summed E-state index contributed by atoms with van der Waals surface area (Å²) in [6.07, 6.45) is -3.26. The fourth-order valence-corrected chi connectivity index (χ4v) is 5.24. The molecular formula is C20H22F4N4O2. The van der Waals surface area contributed by atoms with Crippen LogP contribution in [0.3, 0.4) is 0 Å². The van der Waals surface area contributed by atoms with Gasteiger partial charge in [-0.3, -0.25) is 9.69 Å². The minimum atomic E-state index is -4.55. The molecule has 1 aromatic rings. The van der Waals surface area contributed by atoms with Crippen molar-refractivity contribution in [2.24, 2.45) is 5.41 Å². The molecule has 4 heterocycles. The highest BCUT2D eigenvalue weighted by atomic mass is 19.4.